The highest BCUT2D eigenvalue weighted by molar-refractivity contribution is 5.66. The van der Waals surface area contributed by atoms with Gasteiger partial charge in [-0.05, 0) is 56.0 Å². The number of rotatable bonds is 7. The SMILES string of the molecule is CCCC(CNCO)c1cc(C)c(C)c(-c2cccc(C)c2F)n1. The van der Waals surface area contributed by atoms with Gasteiger partial charge in [0.2, 0.25) is 0 Å². The van der Waals surface area contributed by atoms with Crippen molar-refractivity contribution in [3.63, 3.8) is 0 Å². The Morgan fingerprint density at radius 2 is 1.96 bits per heavy atom. The Labute approximate surface area is 144 Å². The monoisotopic (exact) mass is 330 g/mol. The minimum Gasteiger partial charge on any atom is -0.381 e. The zero-order chi connectivity index (χ0) is 17.7. The lowest BCUT2D eigenvalue weighted by atomic mass is 9.94. The molecule has 0 aliphatic heterocycles. The number of hydrogen-bond acceptors (Lipinski definition) is 3. The van der Waals surface area contributed by atoms with Crippen molar-refractivity contribution in [1.82, 2.24) is 10.3 Å². The first-order chi connectivity index (χ1) is 11.5. The Morgan fingerprint density at radius 3 is 2.62 bits per heavy atom. The average molecular weight is 330 g/mol. The molecule has 4 heteroatoms. The molecule has 0 saturated carbocycles. The van der Waals surface area contributed by atoms with E-state index < -0.39 is 0 Å². The van der Waals surface area contributed by atoms with Crippen molar-refractivity contribution in [2.45, 2.75) is 46.5 Å². The highest BCUT2D eigenvalue weighted by Gasteiger charge is 2.18. The van der Waals surface area contributed by atoms with Crippen LogP contribution in [0.5, 0.6) is 0 Å². The molecular weight excluding hydrogens is 303 g/mol. The molecule has 1 unspecified atom stereocenters. The first-order valence-corrected chi connectivity index (χ1v) is 8.54. The zero-order valence-corrected chi connectivity index (χ0v) is 15.0. The van der Waals surface area contributed by atoms with Crippen molar-refractivity contribution in [2.24, 2.45) is 0 Å². The molecule has 1 aromatic heterocycles. The van der Waals surface area contributed by atoms with E-state index in [1.54, 1.807) is 19.1 Å². The highest BCUT2D eigenvalue weighted by Crippen LogP contribution is 2.30. The van der Waals surface area contributed by atoms with Crippen LogP contribution in [0.1, 0.15) is 48.1 Å². The highest BCUT2D eigenvalue weighted by atomic mass is 19.1. The van der Waals surface area contributed by atoms with Crippen molar-refractivity contribution in [1.29, 1.82) is 0 Å². The van der Waals surface area contributed by atoms with Gasteiger partial charge in [0.25, 0.3) is 0 Å². The van der Waals surface area contributed by atoms with Gasteiger partial charge in [-0.15, -0.1) is 0 Å². The second kappa shape index (κ2) is 8.36. The van der Waals surface area contributed by atoms with Crippen LogP contribution < -0.4 is 5.32 Å². The molecule has 24 heavy (non-hydrogen) atoms. The smallest absolute Gasteiger partial charge is 0.135 e. The van der Waals surface area contributed by atoms with Crippen LogP contribution in [0.2, 0.25) is 0 Å². The van der Waals surface area contributed by atoms with Crippen LogP contribution in [0.15, 0.2) is 24.3 Å². The van der Waals surface area contributed by atoms with Gasteiger partial charge in [0.15, 0.2) is 0 Å². The summed E-state index contributed by atoms with van der Waals surface area (Å²) in [6.07, 6.45) is 2.00. The van der Waals surface area contributed by atoms with Gasteiger partial charge in [0.1, 0.15) is 5.82 Å². The lowest BCUT2D eigenvalue weighted by Crippen LogP contribution is -2.23. The summed E-state index contributed by atoms with van der Waals surface area (Å²) in [6.45, 7) is 8.55. The molecule has 0 spiro atoms. The molecule has 0 bridgehead atoms. The summed E-state index contributed by atoms with van der Waals surface area (Å²) < 4.78 is 14.6. The Balaban J connectivity index is 2.53. The Bertz CT molecular complexity index is 700. The Hall–Kier alpha value is -1.78. The van der Waals surface area contributed by atoms with Gasteiger partial charge in [-0.25, -0.2) is 4.39 Å². The molecule has 2 rings (SSSR count). The number of aliphatic hydroxyl groups is 1. The fourth-order valence-electron chi connectivity index (χ4n) is 3.01. The van der Waals surface area contributed by atoms with E-state index in [2.05, 4.69) is 18.3 Å². The number of aromatic nitrogens is 1. The number of benzene rings is 1. The van der Waals surface area contributed by atoms with Crippen molar-refractivity contribution >= 4 is 0 Å². The summed E-state index contributed by atoms with van der Waals surface area (Å²) in [5.74, 6) is -0.00162. The van der Waals surface area contributed by atoms with E-state index in [1.165, 1.54) is 0 Å². The number of pyridine rings is 1. The summed E-state index contributed by atoms with van der Waals surface area (Å²) >= 11 is 0. The zero-order valence-electron chi connectivity index (χ0n) is 15.0. The molecule has 1 atom stereocenters. The van der Waals surface area contributed by atoms with E-state index >= 15 is 0 Å². The minimum atomic E-state index is -0.204. The molecule has 0 fully saturated rings. The van der Waals surface area contributed by atoms with Crippen molar-refractivity contribution in [3.8, 4) is 11.3 Å². The molecule has 3 nitrogen and oxygen atoms in total. The van der Waals surface area contributed by atoms with Crippen LogP contribution in [0.3, 0.4) is 0 Å². The van der Waals surface area contributed by atoms with Crippen LogP contribution in [0, 0.1) is 26.6 Å². The van der Waals surface area contributed by atoms with E-state index in [0.29, 0.717) is 17.7 Å². The predicted octanol–water partition coefficient (Wildman–Crippen LogP) is 4.24. The van der Waals surface area contributed by atoms with Crippen molar-refractivity contribution in [2.75, 3.05) is 13.3 Å². The largest absolute Gasteiger partial charge is 0.381 e. The Kier molecular flexibility index (Phi) is 6.46. The summed E-state index contributed by atoms with van der Waals surface area (Å²) in [5.41, 5.74) is 4.98. The number of nitrogens with zero attached hydrogens (tertiary/aromatic N) is 1. The van der Waals surface area contributed by atoms with Crippen LogP contribution >= 0.6 is 0 Å². The molecule has 1 aromatic carbocycles. The second-order valence-electron chi connectivity index (χ2n) is 6.37. The predicted molar refractivity (Wildman–Crippen MR) is 96.6 cm³/mol. The molecule has 0 aliphatic carbocycles. The molecular formula is C20H27FN2O. The molecule has 0 saturated heterocycles. The third-order valence-electron chi connectivity index (χ3n) is 4.56. The van der Waals surface area contributed by atoms with Crippen LogP contribution in [0.25, 0.3) is 11.3 Å². The maximum atomic E-state index is 14.6. The summed E-state index contributed by atoms with van der Waals surface area (Å²) in [4.78, 5) is 4.82. The topological polar surface area (TPSA) is 45.1 Å². The third kappa shape index (κ3) is 4.00. The molecule has 0 amide bonds. The number of nitrogens with one attached hydrogen (secondary N) is 1. The van der Waals surface area contributed by atoms with Crippen LogP contribution in [-0.4, -0.2) is 23.4 Å². The lowest BCUT2D eigenvalue weighted by Gasteiger charge is -2.19. The maximum Gasteiger partial charge on any atom is 0.135 e. The quantitative estimate of drug-likeness (QED) is 0.747. The minimum absolute atomic E-state index is 0.0512. The van der Waals surface area contributed by atoms with Gasteiger partial charge in [0, 0.05) is 23.7 Å². The third-order valence-corrected chi connectivity index (χ3v) is 4.56. The van der Waals surface area contributed by atoms with Gasteiger partial charge < -0.3 is 5.11 Å². The number of aryl methyl sites for hydroxylation is 2. The van der Waals surface area contributed by atoms with E-state index in [4.69, 9.17) is 10.1 Å². The molecule has 130 valence electrons. The van der Waals surface area contributed by atoms with Gasteiger partial charge in [-0.3, -0.25) is 10.3 Å². The van der Waals surface area contributed by atoms with Crippen LogP contribution in [0.4, 0.5) is 4.39 Å². The molecule has 2 aromatic rings. The van der Waals surface area contributed by atoms with Crippen molar-refractivity contribution < 1.29 is 9.50 Å². The summed E-state index contributed by atoms with van der Waals surface area (Å²) in [5, 5.41) is 12.0. The fourth-order valence-corrected chi connectivity index (χ4v) is 3.01. The number of halogens is 1. The molecule has 2 N–H and O–H groups in total. The van der Waals surface area contributed by atoms with Crippen LogP contribution in [-0.2, 0) is 0 Å². The fraction of sp³-hybridized carbons (Fsp3) is 0.450. The van der Waals surface area contributed by atoms with E-state index in [-0.39, 0.29) is 18.5 Å². The van der Waals surface area contributed by atoms with Crippen molar-refractivity contribution in [3.05, 3.63) is 52.5 Å². The molecule has 1 heterocycles. The first kappa shape index (κ1) is 18.6. The molecule has 0 radical (unpaired) electrons. The summed E-state index contributed by atoms with van der Waals surface area (Å²) in [6, 6.07) is 7.53. The standard InChI is InChI=1S/C20H27FN2O/c1-5-7-16(11-22-12-24)18-10-14(3)15(4)20(23-18)17-9-6-8-13(2)19(17)21/h6,8-10,16,22,24H,5,7,11-12H2,1-4H3. The number of hydrogen-bond donors (Lipinski definition) is 2. The first-order valence-electron chi connectivity index (χ1n) is 8.54. The molecule has 0 aliphatic rings. The Morgan fingerprint density at radius 1 is 1.21 bits per heavy atom. The second-order valence-corrected chi connectivity index (χ2v) is 6.37. The average Bonchev–Trinajstić information content (AvgIpc) is 2.57. The summed E-state index contributed by atoms with van der Waals surface area (Å²) in [7, 11) is 0. The van der Waals surface area contributed by atoms with Gasteiger partial charge in [-0.1, -0.05) is 25.5 Å². The van der Waals surface area contributed by atoms with Gasteiger partial charge in [-0.2, -0.15) is 0 Å². The van der Waals surface area contributed by atoms with E-state index in [1.807, 2.05) is 19.9 Å². The van der Waals surface area contributed by atoms with Gasteiger partial charge >= 0.3 is 0 Å². The van der Waals surface area contributed by atoms with E-state index in [0.717, 1.165) is 35.4 Å². The lowest BCUT2D eigenvalue weighted by molar-refractivity contribution is 0.255. The van der Waals surface area contributed by atoms with E-state index in [9.17, 15) is 4.39 Å². The maximum absolute atomic E-state index is 14.6. The van der Waals surface area contributed by atoms with Gasteiger partial charge in [0.05, 0.1) is 12.4 Å². The normalized spacial score (nSPS) is 12.4. The number of aliphatic hydroxyl groups excluding tert-OH is 1.